The average Bonchev–Trinajstić information content (AvgIpc) is 2.37. The number of benzene rings is 1. The summed E-state index contributed by atoms with van der Waals surface area (Å²) in [6, 6.07) is 7.85. The molecular weight excluding hydrogens is 276 g/mol. The number of hydrogen-bond donors (Lipinski definition) is 2. The van der Waals surface area contributed by atoms with E-state index in [0.717, 1.165) is 30.6 Å². The summed E-state index contributed by atoms with van der Waals surface area (Å²) in [6.07, 6.45) is 3.24. The predicted molar refractivity (Wildman–Crippen MR) is 91.8 cm³/mol. The number of nitrogens with one attached hydrogen (secondary N) is 1. The molecule has 0 spiro atoms. The summed E-state index contributed by atoms with van der Waals surface area (Å²) in [7, 11) is 4.03. The Bertz CT molecular complexity index is 466. The molecule has 0 unspecified atom stereocenters. The summed E-state index contributed by atoms with van der Waals surface area (Å²) in [5.74, 6) is -0.119. The smallest absolute Gasteiger partial charge is 0.227 e. The van der Waals surface area contributed by atoms with Crippen LogP contribution in [-0.4, -0.2) is 35.6 Å². The van der Waals surface area contributed by atoms with Gasteiger partial charge in [-0.3, -0.25) is 4.79 Å². The van der Waals surface area contributed by atoms with Crippen molar-refractivity contribution >= 4 is 11.6 Å². The van der Waals surface area contributed by atoms with Crippen LogP contribution >= 0.6 is 0 Å². The highest BCUT2D eigenvalue weighted by atomic mass is 16.3. The van der Waals surface area contributed by atoms with Crippen LogP contribution in [0.2, 0.25) is 0 Å². The Labute approximate surface area is 134 Å². The van der Waals surface area contributed by atoms with Crippen LogP contribution in [0.5, 0.6) is 0 Å². The molecule has 1 aromatic carbocycles. The predicted octanol–water partition coefficient (Wildman–Crippen LogP) is 3.41. The quantitative estimate of drug-likeness (QED) is 0.735. The van der Waals surface area contributed by atoms with Gasteiger partial charge in [-0.2, -0.15) is 0 Å². The molecule has 22 heavy (non-hydrogen) atoms. The molecule has 124 valence electrons. The van der Waals surface area contributed by atoms with E-state index >= 15 is 0 Å². The molecule has 1 rings (SSSR count). The monoisotopic (exact) mass is 306 g/mol. The van der Waals surface area contributed by atoms with Crippen molar-refractivity contribution in [2.24, 2.45) is 0 Å². The van der Waals surface area contributed by atoms with Crippen LogP contribution in [0.3, 0.4) is 0 Å². The van der Waals surface area contributed by atoms with Gasteiger partial charge in [0.2, 0.25) is 5.91 Å². The van der Waals surface area contributed by atoms with Crippen LogP contribution in [0, 0.1) is 0 Å². The van der Waals surface area contributed by atoms with Crippen LogP contribution in [0.15, 0.2) is 24.3 Å². The Balaban J connectivity index is 2.67. The minimum Gasteiger partial charge on any atom is -0.389 e. The SMILES string of the molecule is CCCC(O)(CCC)CC(=O)Nc1cccc(CN(C)C)c1. The number of rotatable bonds is 9. The van der Waals surface area contributed by atoms with Crippen LogP contribution in [-0.2, 0) is 11.3 Å². The zero-order valence-corrected chi connectivity index (χ0v) is 14.4. The third kappa shape index (κ3) is 6.58. The molecule has 0 aliphatic carbocycles. The van der Waals surface area contributed by atoms with Crippen molar-refractivity contribution in [1.82, 2.24) is 4.90 Å². The van der Waals surface area contributed by atoms with Gasteiger partial charge in [-0.1, -0.05) is 38.8 Å². The highest BCUT2D eigenvalue weighted by Gasteiger charge is 2.28. The lowest BCUT2D eigenvalue weighted by Gasteiger charge is -2.26. The minimum atomic E-state index is -0.880. The lowest BCUT2D eigenvalue weighted by atomic mass is 9.89. The van der Waals surface area contributed by atoms with Crippen molar-refractivity contribution in [3.8, 4) is 0 Å². The summed E-state index contributed by atoms with van der Waals surface area (Å²) < 4.78 is 0. The number of anilines is 1. The van der Waals surface area contributed by atoms with Crippen LogP contribution in [0.4, 0.5) is 5.69 Å². The molecule has 4 heteroatoms. The second-order valence-electron chi connectivity index (χ2n) is 6.39. The van der Waals surface area contributed by atoms with Crippen LogP contribution < -0.4 is 5.32 Å². The minimum absolute atomic E-state index is 0.119. The van der Waals surface area contributed by atoms with E-state index in [-0.39, 0.29) is 12.3 Å². The lowest BCUT2D eigenvalue weighted by molar-refractivity contribution is -0.121. The van der Waals surface area contributed by atoms with Gasteiger partial charge in [-0.15, -0.1) is 0 Å². The molecular formula is C18H30N2O2. The number of amides is 1. The maximum Gasteiger partial charge on any atom is 0.227 e. The largest absolute Gasteiger partial charge is 0.389 e. The average molecular weight is 306 g/mol. The Morgan fingerprint density at radius 1 is 1.23 bits per heavy atom. The maximum absolute atomic E-state index is 12.2. The Morgan fingerprint density at radius 2 is 1.86 bits per heavy atom. The first-order valence-electron chi connectivity index (χ1n) is 8.14. The summed E-state index contributed by atoms with van der Waals surface area (Å²) in [5, 5.41) is 13.5. The highest BCUT2D eigenvalue weighted by Crippen LogP contribution is 2.24. The van der Waals surface area contributed by atoms with Crippen molar-refractivity contribution in [3.05, 3.63) is 29.8 Å². The first-order chi connectivity index (χ1) is 10.4. The van der Waals surface area contributed by atoms with Gasteiger partial charge in [0.05, 0.1) is 12.0 Å². The van der Waals surface area contributed by atoms with Gasteiger partial charge in [0.1, 0.15) is 0 Å². The number of carbonyl (C=O) groups excluding carboxylic acids is 1. The van der Waals surface area contributed by atoms with Gasteiger partial charge in [-0.05, 0) is 44.6 Å². The third-order valence-electron chi connectivity index (χ3n) is 3.63. The zero-order valence-electron chi connectivity index (χ0n) is 14.4. The molecule has 0 aliphatic rings. The van der Waals surface area contributed by atoms with Gasteiger partial charge in [0, 0.05) is 12.2 Å². The Morgan fingerprint density at radius 3 is 2.41 bits per heavy atom. The van der Waals surface area contributed by atoms with E-state index in [1.54, 1.807) is 0 Å². The third-order valence-corrected chi connectivity index (χ3v) is 3.63. The van der Waals surface area contributed by atoms with Crippen molar-refractivity contribution in [2.45, 2.75) is 58.1 Å². The fraction of sp³-hybridized carbons (Fsp3) is 0.611. The fourth-order valence-electron chi connectivity index (χ4n) is 2.85. The van der Waals surface area contributed by atoms with Gasteiger partial charge in [0.15, 0.2) is 0 Å². The van der Waals surface area contributed by atoms with E-state index in [4.69, 9.17) is 0 Å². The summed E-state index contributed by atoms with van der Waals surface area (Å²) in [5.41, 5.74) is 1.06. The normalized spacial score (nSPS) is 11.7. The maximum atomic E-state index is 12.2. The molecule has 0 aromatic heterocycles. The van der Waals surface area contributed by atoms with E-state index < -0.39 is 5.60 Å². The zero-order chi connectivity index (χ0) is 16.6. The first kappa shape index (κ1) is 18.7. The van der Waals surface area contributed by atoms with E-state index in [9.17, 15) is 9.90 Å². The topological polar surface area (TPSA) is 52.6 Å². The molecule has 0 bridgehead atoms. The van der Waals surface area contributed by atoms with E-state index in [1.807, 2.05) is 52.2 Å². The number of aliphatic hydroxyl groups is 1. The Hall–Kier alpha value is -1.39. The lowest BCUT2D eigenvalue weighted by Crippen LogP contribution is -2.33. The highest BCUT2D eigenvalue weighted by molar-refractivity contribution is 5.91. The number of carbonyl (C=O) groups is 1. The molecule has 0 aliphatic heterocycles. The van der Waals surface area contributed by atoms with Gasteiger partial charge in [0.25, 0.3) is 0 Å². The molecule has 1 aromatic rings. The van der Waals surface area contributed by atoms with Gasteiger partial charge >= 0.3 is 0 Å². The van der Waals surface area contributed by atoms with Crippen molar-refractivity contribution < 1.29 is 9.90 Å². The van der Waals surface area contributed by atoms with Crippen LogP contribution in [0.25, 0.3) is 0 Å². The first-order valence-corrected chi connectivity index (χ1v) is 8.14. The molecule has 1 amide bonds. The van der Waals surface area contributed by atoms with Crippen molar-refractivity contribution in [1.29, 1.82) is 0 Å². The molecule has 0 fully saturated rings. The summed E-state index contributed by atoms with van der Waals surface area (Å²) >= 11 is 0. The second-order valence-corrected chi connectivity index (χ2v) is 6.39. The molecule has 0 heterocycles. The molecule has 0 radical (unpaired) electrons. The number of hydrogen-bond acceptors (Lipinski definition) is 3. The standard InChI is InChI=1S/C18H30N2O2/c1-5-10-18(22,11-6-2)13-17(21)19-16-9-7-8-15(12-16)14-20(3)4/h7-9,12,22H,5-6,10-11,13-14H2,1-4H3,(H,19,21). The van der Waals surface area contributed by atoms with Gasteiger partial charge < -0.3 is 15.3 Å². The Kier molecular flexibility index (Phi) is 7.56. The van der Waals surface area contributed by atoms with Crippen LogP contribution in [0.1, 0.15) is 51.5 Å². The fourth-order valence-corrected chi connectivity index (χ4v) is 2.85. The van der Waals surface area contributed by atoms with E-state index in [2.05, 4.69) is 10.2 Å². The van der Waals surface area contributed by atoms with E-state index in [1.165, 1.54) is 0 Å². The second kappa shape index (κ2) is 8.91. The molecule has 0 atom stereocenters. The molecule has 4 nitrogen and oxygen atoms in total. The van der Waals surface area contributed by atoms with Crippen molar-refractivity contribution in [3.63, 3.8) is 0 Å². The molecule has 0 saturated heterocycles. The molecule has 0 saturated carbocycles. The van der Waals surface area contributed by atoms with Crippen molar-refractivity contribution in [2.75, 3.05) is 19.4 Å². The molecule has 2 N–H and O–H groups in total. The summed E-state index contributed by atoms with van der Waals surface area (Å²) in [6.45, 7) is 4.89. The van der Waals surface area contributed by atoms with Gasteiger partial charge in [-0.25, -0.2) is 0 Å². The van der Waals surface area contributed by atoms with E-state index in [0.29, 0.717) is 12.8 Å². The summed E-state index contributed by atoms with van der Waals surface area (Å²) in [4.78, 5) is 14.3. The number of nitrogens with zero attached hydrogens (tertiary/aromatic N) is 1.